The Kier molecular flexibility index (Phi) is 7.58. The molecule has 0 fully saturated rings. The van der Waals surface area contributed by atoms with Gasteiger partial charge in [-0.2, -0.15) is 10.5 Å². The lowest BCUT2D eigenvalue weighted by molar-refractivity contribution is 1.05. The number of nitriles is 2. The summed E-state index contributed by atoms with van der Waals surface area (Å²) < 4.78 is 2.07. The van der Waals surface area contributed by atoms with Gasteiger partial charge in [0.2, 0.25) is 0 Å². The molecule has 0 radical (unpaired) electrons. The molecule has 0 unspecified atom stereocenters. The van der Waals surface area contributed by atoms with Crippen LogP contribution in [0, 0.1) is 35.0 Å². The highest BCUT2D eigenvalue weighted by atomic mass is 15.2. The van der Waals surface area contributed by atoms with E-state index in [1.165, 1.54) is 5.56 Å². The van der Waals surface area contributed by atoms with Crippen LogP contribution in [0.15, 0.2) is 157 Å². The van der Waals surface area contributed by atoms with E-state index in [4.69, 9.17) is 6.42 Å². The van der Waals surface area contributed by atoms with E-state index >= 15 is 0 Å². The van der Waals surface area contributed by atoms with Gasteiger partial charge in [0.15, 0.2) is 0 Å². The lowest BCUT2D eigenvalue weighted by Gasteiger charge is -2.34. The van der Waals surface area contributed by atoms with Crippen LogP contribution in [0.1, 0.15) is 23.6 Å². The summed E-state index contributed by atoms with van der Waals surface area (Å²) in [7, 11) is 0. The number of para-hydroxylation sites is 4. The maximum atomic E-state index is 10.8. The molecule has 6 aromatic carbocycles. The molecule has 4 nitrogen and oxygen atoms in total. The summed E-state index contributed by atoms with van der Waals surface area (Å²) in [5, 5.41) is 23.3. The molecule has 1 aliphatic rings. The number of hydrogen-bond donors (Lipinski definition) is 0. The van der Waals surface area contributed by atoms with Crippen LogP contribution in [0.2, 0.25) is 0 Å². The molecule has 0 bridgehead atoms. The van der Waals surface area contributed by atoms with Crippen LogP contribution in [-0.2, 0) is 6.42 Å². The van der Waals surface area contributed by atoms with Crippen molar-refractivity contribution in [3.05, 3.63) is 174 Å². The van der Waals surface area contributed by atoms with Crippen molar-refractivity contribution in [3.8, 4) is 52.4 Å². The minimum absolute atomic E-state index is 0.440. The fourth-order valence-corrected chi connectivity index (χ4v) is 7.34. The van der Waals surface area contributed by atoms with Crippen molar-refractivity contribution in [1.29, 1.82) is 10.5 Å². The predicted octanol–water partition coefficient (Wildman–Crippen LogP) is 11.0. The van der Waals surface area contributed by atoms with Crippen LogP contribution in [0.4, 0.5) is 11.4 Å². The van der Waals surface area contributed by atoms with Crippen molar-refractivity contribution >= 4 is 33.2 Å². The Hall–Kier alpha value is -7.06. The molecule has 4 heteroatoms. The van der Waals surface area contributed by atoms with E-state index in [1.807, 2.05) is 79.7 Å². The first-order valence-electron chi connectivity index (χ1n) is 16.5. The van der Waals surface area contributed by atoms with E-state index < -0.39 is 0 Å². The number of hydrogen-bond acceptors (Lipinski definition) is 3. The van der Waals surface area contributed by atoms with Crippen LogP contribution < -0.4 is 4.90 Å². The number of nitrogens with zero attached hydrogens (tertiary/aromatic N) is 4. The number of terminal acetylenes is 1. The number of rotatable bonds is 5. The predicted molar refractivity (Wildman–Crippen MR) is 204 cm³/mol. The molecule has 0 N–H and O–H groups in total. The van der Waals surface area contributed by atoms with Crippen LogP contribution in [0.5, 0.6) is 0 Å². The monoisotopic (exact) mass is 638 g/mol. The summed E-state index contributed by atoms with van der Waals surface area (Å²) >= 11 is 0. The fourth-order valence-electron chi connectivity index (χ4n) is 7.34. The summed E-state index contributed by atoms with van der Waals surface area (Å²) in [5.74, 6) is 2.96. The second-order valence-corrected chi connectivity index (χ2v) is 12.2. The molecule has 1 aromatic heterocycles. The largest absolute Gasteiger partial charge is 0.309 e. The molecule has 0 aliphatic carbocycles. The van der Waals surface area contributed by atoms with Crippen LogP contribution >= 0.6 is 0 Å². The summed E-state index contributed by atoms with van der Waals surface area (Å²) in [6, 6.07) is 49.9. The SMILES string of the molecule is C#CC1=C(/C=C\C)N(c2ccccc2-c2cccc(-c3ccc(C#N)c(-n4c5ccccc5c5ccccc54)c3C#N)c2)c2ccccc2C1. The van der Waals surface area contributed by atoms with E-state index in [-0.39, 0.29) is 0 Å². The second-order valence-electron chi connectivity index (χ2n) is 12.2. The van der Waals surface area contributed by atoms with Gasteiger partial charge < -0.3 is 9.47 Å². The first-order valence-corrected chi connectivity index (χ1v) is 16.5. The number of anilines is 2. The minimum atomic E-state index is 0.440. The summed E-state index contributed by atoms with van der Waals surface area (Å²) in [5.41, 5.74) is 12.2. The van der Waals surface area contributed by atoms with Crippen molar-refractivity contribution < 1.29 is 0 Å². The smallest absolute Gasteiger partial charge is 0.102 e. The topological polar surface area (TPSA) is 55.8 Å². The summed E-state index contributed by atoms with van der Waals surface area (Å²) in [6.45, 7) is 2.01. The van der Waals surface area contributed by atoms with Crippen molar-refractivity contribution in [2.75, 3.05) is 4.90 Å². The lowest BCUT2D eigenvalue weighted by Crippen LogP contribution is -2.23. The Morgan fingerprint density at radius 3 is 1.98 bits per heavy atom. The van der Waals surface area contributed by atoms with E-state index in [9.17, 15) is 10.5 Å². The number of allylic oxidation sites excluding steroid dienone is 3. The van der Waals surface area contributed by atoms with Crippen LogP contribution in [-0.4, -0.2) is 4.57 Å². The van der Waals surface area contributed by atoms with Crippen LogP contribution in [0.25, 0.3) is 49.7 Å². The third-order valence-electron chi connectivity index (χ3n) is 9.49. The zero-order chi connectivity index (χ0) is 34.2. The van der Waals surface area contributed by atoms with E-state index in [2.05, 4.69) is 100 Å². The highest BCUT2D eigenvalue weighted by Crippen LogP contribution is 2.45. The van der Waals surface area contributed by atoms with Gasteiger partial charge in [-0.1, -0.05) is 109 Å². The highest BCUT2D eigenvalue weighted by molar-refractivity contribution is 6.09. The molecule has 2 heterocycles. The number of aromatic nitrogens is 1. The fraction of sp³-hybridized carbons (Fsp3) is 0.0435. The highest BCUT2D eigenvalue weighted by Gasteiger charge is 2.27. The molecule has 0 amide bonds. The van der Waals surface area contributed by atoms with Crippen molar-refractivity contribution in [2.24, 2.45) is 0 Å². The lowest BCUT2D eigenvalue weighted by atomic mass is 9.91. The maximum absolute atomic E-state index is 10.8. The first-order chi connectivity index (χ1) is 24.7. The van der Waals surface area contributed by atoms with Gasteiger partial charge in [-0.05, 0) is 66.1 Å². The van der Waals surface area contributed by atoms with E-state index in [0.717, 1.165) is 66.7 Å². The average Bonchev–Trinajstić information content (AvgIpc) is 3.51. The van der Waals surface area contributed by atoms with Gasteiger partial charge in [-0.3, -0.25) is 0 Å². The van der Waals surface area contributed by atoms with Gasteiger partial charge >= 0.3 is 0 Å². The Bertz CT molecular complexity index is 2630. The maximum Gasteiger partial charge on any atom is 0.102 e. The average molecular weight is 639 g/mol. The van der Waals surface area contributed by atoms with Gasteiger partial charge in [-0.25, -0.2) is 0 Å². The summed E-state index contributed by atoms with van der Waals surface area (Å²) in [4.78, 5) is 2.26. The van der Waals surface area contributed by atoms with Gasteiger partial charge in [-0.15, -0.1) is 6.42 Å². The number of fused-ring (bicyclic) bond motifs is 4. The molecule has 234 valence electrons. The molecular formula is C46H30N4. The molecule has 7 aromatic rings. The van der Waals surface area contributed by atoms with E-state index in [1.54, 1.807) is 0 Å². The molecule has 50 heavy (non-hydrogen) atoms. The zero-order valence-electron chi connectivity index (χ0n) is 27.4. The van der Waals surface area contributed by atoms with Crippen molar-refractivity contribution in [3.63, 3.8) is 0 Å². The second kappa shape index (κ2) is 12.5. The van der Waals surface area contributed by atoms with Gasteiger partial charge in [0.05, 0.1) is 39.2 Å². The molecule has 0 saturated carbocycles. The third-order valence-corrected chi connectivity index (χ3v) is 9.49. The third kappa shape index (κ3) is 4.78. The van der Waals surface area contributed by atoms with Crippen LogP contribution in [0.3, 0.4) is 0 Å². The van der Waals surface area contributed by atoms with Gasteiger partial charge in [0.25, 0.3) is 0 Å². The van der Waals surface area contributed by atoms with Crippen molar-refractivity contribution in [2.45, 2.75) is 13.3 Å². The van der Waals surface area contributed by atoms with Crippen molar-refractivity contribution in [1.82, 2.24) is 4.57 Å². The zero-order valence-corrected chi connectivity index (χ0v) is 27.4. The molecule has 0 atom stereocenters. The normalized spacial score (nSPS) is 12.6. The molecule has 0 spiro atoms. The van der Waals surface area contributed by atoms with Gasteiger partial charge in [0, 0.05) is 39.6 Å². The minimum Gasteiger partial charge on any atom is -0.309 e. The Morgan fingerprint density at radius 2 is 1.30 bits per heavy atom. The number of benzene rings is 6. The van der Waals surface area contributed by atoms with E-state index in [0.29, 0.717) is 23.2 Å². The summed E-state index contributed by atoms with van der Waals surface area (Å²) in [6.07, 6.45) is 10.9. The van der Waals surface area contributed by atoms with Gasteiger partial charge in [0.1, 0.15) is 12.1 Å². The quantitative estimate of drug-likeness (QED) is 0.176. The molecule has 0 saturated heterocycles. The Labute approximate surface area is 291 Å². The Balaban J connectivity index is 1.33. The standard InChI is InChI=1S/C46H30N4/c1-3-14-41-31(4-2)27-34-15-5-9-21-42(34)49(41)43-22-10-6-18-37(43)33-17-13-16-32(28-33)36-26-25-35(29-47)46(40(36)30-48)50-44-23-11-7-19-38(44)39-20-8-12-24-45(39)50/h2-3,5-26,28H,27H2,1H3/b14-3-. The molecule has 8 rings (SSSR count). The Morgan fingerprint density at radius 1 is 0.660 bits per heavy atom. The molecular weight excluding hydrogens is 609 g/mol. The molecule has 1 aliphatic heterocycles. The first kappa shape index (κ1) is 30.3.